The number of alkyl halides is 6. The molecule has 0 amide bonds. The van der Waals surface area contributed by atoms with Crippen molar-refractivity contribution in [1.82, 2.24) is 0 Å². The lowest BCUT2D eigenvalue weighted by atomic mass is 9.96. The zero-order valence-electron chi connectivity index (χ0n) is 12.3. The normalized spacial score (nSPS) is 12.6. The lowest BCUT2D eigenvalue weighted by molar-refractivity contribution is -0.138. The SMILES string of the molecule is O=C(O)/C=C/c1ccc(C(F)(F)F)cc1-c1ccc(C(F)(F)F)cc1. The second-order valence-corrected chi connectivity index (χ2v) is 5.05. The minimum Gasteiger partial charge on any atom is -0.478 e. The summed E-state index contributed by atoms with van der Waals surface area (Å²) < 4.78 is 76.5. The summed E-state index contributed by atoms with van der Waals surface area (Å²) in [4.78, 5) is 10.6. The van der Waals surface area contributed by atoms with Gasteiger partial charge in [0.15, 0.2) is 0 Å². The third kappa shape index (κ3) is 4.62. The predicted molar refractivity (Wildman–Crippen MR) is 78.6 cm³/mol. The number of carboxylic acids is 1. The van der Waals surface area contributed by atoms with Gasteiger partial charge in [-0.15, -0.1) is 0 Å². The Bertz CT molecular complexity index is 801. The van der Waals surface area contributed by atoms with Crippen molar-refractivity contribution in [3.8, 4) is 11.1 Å². The fraction of sp³-hybridized carbons (Fsp3) is 0.118. The van der Waals surface area contributed by atoms with Crippen molar-refractivity contribution < 1.29 is 36.2 Å². The van der Waals surface area contributed by atoms with Crippen molar-refractivity contribution in [3.63, 3.8) is 0 Å². The molecule has 0 bridgehead atoms. The van der Waals surface area contributed by atoms with Crippen LogP contribution in [0.25, 0.3) is 17.2 Å². The Morgan fingerprint density at radius 1 is 0.840 bits per heavy atom. The molecule has 0 aromatic heterocycles. The third-order valence-corrected chi connectivity index (χ3v) is 3.31. The fourth-order valence-electron chi connectivity index (χ4n) is 2.13. The summed E-state index contributed by atoms with van der Waals surface area (Å²) in [6.07, 6.45) is -7.40. The average Bonchev–Trinajstić information content (AvgIpc) is 2.51. The highest BCUT2D eigenvalue weighted by Gasteiger charge is 2.32. The van der Waals surface area contributed by atoms with E-state index in [2.05, 4.69) is 0 Å². The van der Waals surface area contributed by atoms with Crippen LogP contribution in [-0.4, -0.2) is 11.1 Å². The van der Waals surface area contributed by atoms with Gasteiger partial charge in [0.2, 0.25) is 0 Å². The molecule has 2 aromatic rings. The molecule has 0 saturated heterocycles. The lowest BCUT2D eigenvalue weighted by Crippen LogP contribution is -2.06. The molecule has 8 heteroatoms. The van der Waals surface area contributed by atoms with E-state index in [1.165, 1.54) is 0 Å². The number of aliphatic carboxylic acids is 1. The number of halogens is 6. The van der Waals surface area contributed by atoms with Crippen LogP contribution < -0.4 is 0 Å². The fourth-order valence-corrected chi connectivity index (χ4v) is 2.13. The topological polar surface area (TPSA) is 37.3 Å². The summed E-state index contributed by atoms with van der Waals surface area (Å²) in [5.74, 6) is -1.31. The van der Waals surface area contributed by atoms with Crippen LogP contribution in [0, 0.1) is 0 Å². The molecule has 0 saturated carbocycles. The zero-order valence-corrected chi connectivity index (χ0v) is 12.3. The van der Waals surface area contributed by atoms with Crippen molar-refractivity contribution >= 4 is 12.0 Å². The van der Waals surface area contributed by atoms with E-state index in [0.717, 1.165) is 54.6 Å². The van der Waals surface area contributed by atoms with Gasteiger partial charge < -0.3 is 5.11 Å². The van der Waals surface area contributed by atoms with Crippen LogP contribution in [0.2, 0.25) is 0 Å². The highest BCUT2D eigenvalue weighted by atomic mass is 19.4. The van der Waals surface area contributed by atoms with Crippen molar-refractivity contribution in [2.45, 2.75) is 12.4 Å². The van der Waals surface area contributed by atoms with Crippen molar-refractivity contribution in [1.29, 1.82) is 0 Å². The molecule has 0 fully saturated rings. The molecule has 2 aromatic carbocycles. The van der Waals surface area contributed by atoms with Gasteiger partial charge in [0, 0.05) is 6.08 Å². The maximum Gasteiger partial charge on any atom is 0.416 e. The molecule has 132 valence electrons. The zero-order chi connectivity index (χ0) is 18.8. The van der Waals surface area contributed by atoms with E-state index in [4.69, 9.17) is 5.11 Å². The molecule has 0 heterocycles. The summed E-state index contributed by atoms with van der Waals surface area (Å²) in [6, 6.07) is 6.18. The van der Waals surface area contributed by atoms with E-state index >= 15 is 0 Å². The Labute approximate surface area is 138 Å². The first-order valence-electron chi connectivity index (χ1n) is 6.78. The molecule has 0 radical (unpaired) electrons. The van der Waals surface area contributed by atoms with Gasteiger partial charge >= 0.3 is 18.3 Å². The molecule has 0 atom stereocenters. The van der Waals surface area contributed by atoms with Crippen LogP contribution in [-0.2, 0) is 17.1 Å². The summed E-state index contributed by atoms with van der Waals surface area (Å²) in [6.45, 7) is 0. The minimum absolute atomic E-state index is 0.0268. The number of rotatable bonds is 3. The molecule has 0 spiro atoms. The van der Waals surface area contributed by atoms with Gasteiger partial charge in [-0.2, -0.15) is 26.3 Å². The molecule has 1 N–H and O–H groups in total. The number of hydrogen-bond acceptors (Lipinski definition) is 1. The highest BCUT2D eigenvalue weighted by molar-refractivity contribution is 5.88. The number of benzene rings is 2. The molecule has 2 nitrogen and oxygen atoms in total. The minimum atomic E-state index is -4.64. The van der Waals surface area contributed by atoms with E-state index in [1.807, 2.05) is 0 Å². The second kappa shape index (κ2) is 6.62. The first-order chi connectivity index (χ1) is 11.5. The van der Waals surface area contributed by atoms with E-state index < -0.39 is 29.4 Å². The van der Waals surface area contributed by atoms with Gasteiger partial charge in [0.25, 0.3) is 0 Å². The Morgan fingerprint density at radius 2 is 1.36 bits per heavy atom. The first kappa shape index (κ1) is 18.6. The van der Waals surface area contributed by atoms with Gasteiger partial charge in [0.05, 0.1) is 11.1 Å². The van der Waals surface area contributed by atoms with E-state index in [9.17, 15) is 31.1 Å². The average molecular weight is 360 g/mol. The summed E-state index contributed by atoms with van der Waals surface area (Å²) in [5.41, 5.74) is -1.72. The lowest BCUT2D eigenvalue weighted by Gasteiger charge is -2.13. The highest BCUT2D eigenvalue weighted by Crippen LogP contribution is 2.36. The van der Waals surface area contributed by atoms with Crippen LogP contribution in [0.1, 0.15) is 16.7 Å². The first-order valence-corrected chi connectivity index (χ1v) is 6.78. The van der Waals surface area contributed by atoms with E-state index in [0.29, 0.717) is 0 Å². The van der Waals surface area contributed by atoms with Gasteiger partial charge in [0.1, 0.15) is 0 Å². The van der Waals surface area contributed by atoms with Crippen molar-refractivity contribution in [2.24, 2.45) is 0 Å². The van der Waals surface area contributed by atoms with E-state index in [-0.39, 0.29) is 16.7 Å². The molecule has 0 aliphatic carbocycles. The number of hydrogen-bond donors (Lipinski definition) is 1. The van der Waals surface area contributed by atoms with Crippen LogP contribution in [0.4, 0.5) is 26.3 Å². The second-order valence-electron chi connectivity index (χ2n) is 5.05. The maximum atomic E-state index is 12.9. The maximum absolute atomic E-state index is 12.9. The number of carboxylic acid groups (broad SMARTS) is 1. The largest absolute Gasteiger partial charge is 0.478 e. The van der Waals surface area contributed by atoms with Crippen molar-refractivity contribution in [2.75, 3.05) is 0 Å². The predicted octanol–water partition coefficient (Wildman–Crippen LogP) is 5.49. The van der Waals surface area contributed by atoms with E-state index in [1.54, 1.807) is 0 Å². The summed E-state index contributed by atoms with van der Waals surface area (Å²) in [7, 11) is 0. The van der Waals surface area contributed by atoms with Gasteiger partial charge in [-0.05, 0) is 47.0 Å². The molecular formula is C17H10F6O2. The Balaban J connectivity index is 2.57. The van der Waals surface area contributed by atoms with Gasteiger partial charge in [-0.1, -0.05) is 18.2 Å². The molecule has 25 heavy (non-hydrogen) atoms. The van der Waals surface area contributed by atoms with Gasteiger partial charge in [-0.3, -0.25) is 0 Å². The van der Waals surface area contributed by atoms with Crippen LogP contribution >= 0.6 is 0 Å². The van der Waals surface area contributed by atoms with Crippen LogP contribution in [0.15, 0.2) is 48.5 Å². The molecule has 0 aliphatic rings. The Morgan fingerprint density at radius 3 is 1.84 bits per heavy atom. The molecular weight excluding hydrogens is 350 g/mol. The monoisotopic (exact) mass is 360 g/mol. The smallest absolute Gasteiger partial charge is 0.416 e. The van der Waals surface area contributed by atoms with Crippen LogP contribution in [0.3, 0.4) is 0 Å². The standard InChI is InChI=1S/C17H10F6O2/c18-16(19,20)12-5-1-10(2-6-12)14-9-13(17(21,22)23)7-3-11(14)4-8-15(24)25/h1-9H,(H,24,25)/b8-4+. The summed E-state index contributed by atoms with van der Waals surface area (Å²) in [5, 5.41) is 8.65. The Kier molecular flexibility index (Phi) is 4.92. The molecule has 0 unspecified atom stereocenters. The molecule has 0 aliphatic heterocycles. The summed E-state index contributed by atoms with van der Waals surface area (Å²) >= 11 is 0. The quantitative estimate of drug-likeness (QED) is 0.581. The Hall–Kier alpha value is -2.77. The van der Waals surface area contributed by atoms with Crippen molar-refractivity contribution in [3.05, 3.63) is 65.2 Å². The number of carbonyl (C=O) groups is 1. The third-order valence-electron chi connectivity index (χ3n) is 3.31. The van der Waals surface area contributed by atoms with Crippen LogP contribution in [0.5, 0.6) is 0 Å². The molecule has 2 rings (SSSR count). The van der Waals surface area contributed by atoms with Gasteiger partial charge in [-0.25, -0.2) is 4.79 Å².